The third-order valence-electron chi connectivity index (χ3n) is 3.56. The van der Waals surface area contributed by atoms with Gasteiger partial charge >= 0.3 is 12.2 Å². The zero-order valence-electron chi connectivity index (χ0n) is 11.6. The SMILES string of the molecule is CC1NCCCC1NC(=O)Nc1ccccc1C(F)(F)F. The van der Waals surface area contributed by atoms with Gasteiger partial charge in [0, 0.05) is 12.1 Å². The van der Waals surface area contributed by atoms with E-state index in [4.69, 9.17) is 0 Å². The van der Waals surface area contributed by atoms with Crippen LogP contribution >= 0.6 is 0 Å². The van der Waals surface area contributed by atoms with E-state index in [1.54, 1.807) is 0 Å². The van der Waals surface area contributed by atoms with E-state index in [2.05, 4.69) is 16.0 Å². The lowest BCUT2D eigenvalue weighted by Crippen LogP contribution is -2.52. The molecule has 1 fully saturated rings. The van der Waals surface area contributed by atoms with Crippen molar-refractivity contribution in [2.45, 2.75) is 38.0 Å². The highest BCUT2D eigenvalue weighted by atomic mass is 19.4. The van der Waals surface area contributed by atoms with Gasteiger partial charge in [-0.05, 0) is 38.4 Å². The van der Waals surface area contributed by atoms with Crippen LogP contribution in [0.2, 0.25) is 0 Å². The maximum absolute atomic E-state index is 12.8. The summed E-state index contributed by atoms with van der Waals surface area (Å²) >= 11 is 0. The van der Waals surface area contributed by atoms with E-state index in [-0.39, 0.29) is 17.8 Å². The summed E-state index contributed by atoms with van der Waals surface area (Å²) in [5.74, 6) is 0. The van der Waals surface area contributed by atoms with E-state index in [1.165, 1.54) is 18.2 Å². The molecule has 7 heteroatoms. The minimum atomic E-state index is -4.50. The van der Waals surface area contributed by atoms with Gasteiger partial charge in [-0.15, -0.1) is 0 Å². The van der Waals surface area contributed by atoms with Crippen LogP contribution in [-0.4, -0.2) is 24.7 Å². The van der Waals surface area contributed by atoms with Crippen molar-refractivity contribution < 1.29 is 18.0 Å². The Morgan fingerprint density at radius 1 is 1.33 bits per heavy atom. The molecular formula is C14H18F3N3O. The van der Waals surface area contributed by atoms with E-state index < -0.39 is 17.8 Å². The lowest BCUT2D eigenvalue weighted by Gasteiger charge is -2.30. The standard InChI is InChI=1S/C14H18F3N3O/c1-9-11(7-4-8-18-9)19-13(21)20-12-6-3-2-5-10(12)14(15,16)17/h2-3,5-6,9,11,18H,4,7-8H2,1H3,(H2,19,20,21). The molecule has 3 N–H and O–H groups in total. The quantitative estimate of drug-likeness (QED) is 0.786. The molecule has 4 nitrogen and oxygen atoms in total. The van der Waals surface area contributed by atoms with Gasteiger partial charge in [0.25, 0.3) is 0 Å². The van der Waals surface area contributed by atoms with Gasteiger partial charge in [0.15, 0.2) is 0 Å². The largest absolute Gasteiger partial charge is 0.418 e. The Morgan fingerprint density at radius 2 is 2.05 bits per heavy atom. The Bertz CT molecular complexity index is 504. The molecular weight excluding hydrogens is 283 g/mol. The smallest absolute Gasteiger partial charge is 0.334 e. The molecule has 116 valence electrons. The van der Waals surface area contributed by atoms with Gasteiger partial charge in [0.05, 0.1) is 11.3 Å². The van der Waals surface area contributed by atoms with Crippen molar-refractivity contribution in [1.82, 2.24) is 10.6 Å². The van der Waals surface area contributed by atoms with Gasteiger partial charge in [-0.2, -0.15) is 13.2 Å². The normalized spacial score (nSPS) is 22.7. The summed E-state index contributed by atoms with van der Waals surface area (Å²) in [6.07, 6.45) is -2.76. The van der Waals surface area contributed by atoms with Gasteiger partial charge < -0.3 is 16.0 Å². The van der Waals surface area contributed by atoms with Crippen LogP contribution in [0.1, 0.15) is 25.3 Å². The van der Waals surface area contributed by atoms with Gasteiger partial charge in [-0.1, -0.05) is 12.1 Å². The summed E-state index contributed by atoms with van der Waals surface area (Å²) < 4.78 is 38.5. The van der Waals surface area contributed by atoms with Gasteiger partial charge in [-0.3, -0.25) is 0 Å². The lowest BCUT2D eigenvalue weighted by atomic mass is 10.0. The summed E-state index contributed by atoms with van der Waals surface area (Å²) in [4.78, 5) is 11.9. The zero-order valence-corrected chi connectivity index (χ0v) is 11.6. The summed E-state index contributed by atoms with van der Waals surface area (Å²) in [6, 6.07) is 4.33. The molecule has 0 radical (unpaired) electrons. The lowest BCUT2D eigenvalue weighted by molar-refractivity contribution is -0.136. The number of rotatable bonds is 2. The van der Waals surface area contributed by atoms with Crippen molar-refractivity contribution in [2.24, 2.45) is 0 Å². The van der Waals surface area contributed by atoms with Gasteiger partial charge in [0.2, 0.25) is 0 Å². The van der Waals surface area contributed by atoms with Crippen LogP contribution in [0, 0.1) is 0 Å². The third kappa shape index (κ3) is 4.10. The first kappa shape index (κ1) is 15.6. The summed E-state index contributed by atoms with van der Waals surface area (Å²) in [5.41, 5.74) is -1.09. The molecule has 21 heavy (non-hydrogen) atoms. The van der Waals surface area contributed by atoms with Gasteiger partial charge in [0.1, 0.15) is 0 Å². The molecule has 2 rings (SSSR count). The number of nitrogens with one attached hydrogen (secondary N) is 3. The Balaban J connectivity index is 2.03. The van der Waals surface area contributed by atoms with Crippen molar-refractivity contribution in [3.63, 3.8) is 0 Å². The average molecular weight is 301 g/mol. The maximum atomic E-state index is 12.8. The molecule has 2 amide bonds. The van der Waals surface area contributed by atoms with E-state index in [0.29, 0.717) is 0 Å². The second kappa shape index (κ2) is 6.34. The molecule has 2 unspecified atom stereocenters. The summed E-state index contributed by atoms with van der Waals surface area (Å²) in [5, 5.41) is 8.22. The fraction of sp³-hybridized carbons (Fsp3) is 0.500. The van der Waals surface area contributed by atoms with Crippen molar-refractivity contribution in [1.29, 1.82) is 0 Å². The number of alkyl halides is 3. The van der Waals surface area contributed by atoms with E-state index in [1.807, 2.05) is 6.92 Å². The Morgan fingerprint density at radius 3 is 2.71 bits per heavy atom. The molecule has 1 aliphatic heterocycles. The van der Waals surface area contributed by atoms with E-state index in [0.717, 1.165) is 25.5 Å². The second-order valence-corrected chi connectivity index (χ2v) is 5.13. The number of halogens is 3. The molecule has 1 heterocycles. The number of carbonyl (C=O) groups is 1. The van der Waals surface area contributed by atoms with Crippen molar-refractivity contribution in [3.05, 3.63) is 29.8 Å². The molecule has 0 bridgehead atoms. The molecule has 0 aromatic heterocycles. The number of para-hydroxylation sites is 1. The minimum Gasteiger partial charge on any atom is -0.334 e. The van der Waals surface area contributed by atoms with E-state index >= 15 is 0 Å². The van der Waals surface area contributed by atoms with Crippen LogP contribution in [0.5, 0.6) is 0 Å². The van der Waals surface area contributed by atoms with E-state index in [9.17, 15) is 18.0 Å². The predicted octanol–water partition coefficient (Wildman–Crippen LogP) is 2.97. The van der Waals surface area contributed by atoms with Crippen LogP contribution in [0.15, 0.2) is 24.3 Å². The highest BCUT2D eigenvalue weighted by molar-refractivity contribution is 5.90. The second-order valence-electron chi connectivity index (χ2n) is 5.13. The van der Waals surface area contributed by atoms with Gasteiger partial charge in [-0.25, -0.2) is 4.79 Å². The van der Waals surface area contributed by atoms with Crippen molar-refractivity contribution in [2.75, 3.05) is 11.9 Å². The third-order valence-corrected chi connectivity index (χ3v) is 3.56. The monoisotopic (exact) mass is 301 g/mol. The highest BCUT2D eigenvalue weighted by Crippen LogP contribution is 2.34. The predicted molar refractivity (Wildman–Crippen MR) is 74.1 cm³/mol. The Kier molecular flexibility index (Phi) is 4.72. The summed E-state index contributed by atoms with van der Waals surface area (Å²) in [6.45, 7) is 2.83. The number of anilines is 1. The molecule has 2 atom stereocenters. The maximum Gasteiger partial charge on any atom is 0.418 e. The number of amides is 2. The summed E-state index contributed by atoms with van der Waals surface area (Å²) in [7, 11) is 0. The van der Waals surface area contributed by atoms with Crippen molar-refractivity contribution >= 4 is 11.7 Å². The zero-order chi connectivity index (χ0) is 15.5. The molecule has 1 saturated heterocycles. The first-order valence-electron chi connectivity index (χ1n) is 6.85. The number of carbonyl (C=O) groups excluding carboxylic acids is 1. The first-order chi connectivity index (χ1) is 9.88. The number of hydrogen-bond acceptors (Lipinski definition) is 2. The topological polar surface area (TPSA) is 53.2 Å². The fourth-order valence-electron chi connectivity index (χ4n) is 2.41. The molecule has 0 spiro atoms. The molecule has 1 aromatic carbocycles. The first-order valence-corrected chi connectivity index (χ1v) is 6.85. The fourth-order valence-corrected chi connectivity index (χ4v) is 2.41. The number of benzene rings is 1. The number of urea groups is 1. The minimum absolute atomic E-state index is 0.0863. The molecule has 0 aliphatic carbocycles. The molecule has 1 aromatic rings. The number of piperidine rings is 1. The van der Waals surface area contributed by atoms with Crippen LogP contribution in [0.4, 0.5) is 23.7 Å². The highest BCUT2D eigenvalue weighted by Gasteiger charge is 2.33. The van der Waals surface area contributed by atoms with Crippen LogP contribution < -0.4 is 16.0 Å². The Hall–Kier alpha value is -1.76. The van der Waals surface area contributed by atoms with Crippen molar-refractivity contribution in [3.8, 4) is 0 Å². The van der Waals surface area contributed by atoms with Crippen LogP contribution in [0.25, 0.3) is 0 Å². The molecule has 0 saturated carbocycles. The Labute approximate surface area is 121 Å². The van der Waals surface area contributed by atoms with Crippen LogP contribution in [0.3, 0.4) is 0 Å². The average Bonchev–Trinajstić information content (AvgIpc) is 2.41. The van der Waals surface area contributed by atoms with Crippen LogP contribution in [-0.2, 0) is 6.18 Å². The molecule has 1 aliphatic rings. The number of hydrogen-bond donors (Lipinski definition) is 3.